The fraction of sp³-hybridized carbons (Fsp3) is 0.500. The van der Waals surface area contributed by atoms with Crippen LogP contribution >= 0.6 is 27.3 Å². The maximum atomic E-state index is 11.4. The first-order valence-electron chi connectivity index (χ1n) is 4.55. The van der Waals surface area contributed by atoms with Gasteiger partial charge in [0.1, 0.15) is 0 Å². The lowest BCUT2D eigenvalue weighted by atomic mass is 10.3. The Hall–Kier alpha value is 0.0500. The fourth-order valence-corrected chi connectivity index (χ4v) is 3.72. The summed E-state index contributed by atoms with van der Waals surface area (Å²) in [5.74, 6) is 0. The Balaban J connectivity index is 1.79. The second-order valence-electron chi connectivity index (χ2n) is 3.28. The van der Waals surface area contributed by atoms with Crippen LogP contribution in [-0.4, -0.2) is 32.4 Å². The molecule has 7 heteroatoms. The van der Waals surface area contributed by atoms with E-state index in [-0.39, 0.29) is 0 Å². The minimum atomic E-state index is -3.17. The lowest BCUT2D eigenvalue weighted by Gasteiger charge is -2.04. The standard InChI is InChI=1S/C8H11BrN2O2S2/c9-7-5-8(14-6-7)1-2-10-15(12,13)11-3-4-11/h5-6,10H,1-4H2. The van der Waals surface area contributed by atoms with Gasteiger partial charge in [0.15, 0.2) is 0 Å². The minimum absolute atomic E-state index is 0.464. The Morgan fingerprint density at radius 2 is 2.27 bits per heavy atom. The highest BCUT2D eigenvalue weighted by Crippen LogP contribution is 2.20. The van der Waals surface area contributed by atoms with Crippen molar-refractivity contribution in [3.05, 3.63) is 20.8 Å². The third-order valence-electron chi connectivity index (χ3n) is 2.02. The van der Waals surface area contributed by atoms with Crippen LogP contribution in [0, 0.1) is 0 Å². The van der Waals surface area contributed by atoms with Crippen molar-refractivity contribution in [3.8, 4) is 0 Å². The topological polar surface area (TPSA) is 49.2 Å². The van der Waals surface area contributed by atoms with Gasteiger partial charge in [-0.3, -0.25) is 0 Å². The van der Waals surface area contributed by atoms with Crippen LogP contribution in [0.1, 0.15) is 4.88 Å². The molecule has 0 bridgehead atoms. The van der Waals surface area contributed by atoms with Crippen molar-refractivity contribution in [3.63, 3.8) is 0 Å². The summed E-state index contributed by atoms with van der Waals surface area (Å²) in [6.45, 7) is 1.77. The molecule has 1 fully saturated rings. The molecule has 1 aromatic heterocycles. The van der Waals surface area contributed by atoms with Crippen LogP contribution in [0.5, 0.6) is 0 Å². The largest absolute Gasteiger partial charge is 0.279 e. The lowest BCUT2D eigenvalue weighted by Crippen LogP contribution is -2.31. The third kappa shape index (κ3) is 3.25. The van der Waals surface area contributed by atoms with E-state index in [2.05, 4.69) is 20.7 Å². The number of thiophene rings is 1. The Labute approximate surface area is 102 Å². The average molecular weight is 311 g/mol. The van der Waals surface area contributed by atoms with Crippen molar-refractivity contribution < 1.29 is 8.42 Å². The van der Waals surface area contributed by atoms with Gasteiger partial charge in [0.2, 0.25) is 0 Å². The molecule has 15 heavy (non-hydrogen) atoms. The monoisotopic (exact) mass is 310 g/mol. The highest BCUT2D eigenvalue weighted by atomic mass is 79.9. The first kappa shape index (κ1) is 11.5. The maximum Gasteiger partial charge on any atom is 0.279 e. The molecule has 1 aromatic rings. The van der Waals surface area contributed by atoms with Crippen LogP contribution in [0.25, 0.3) is 0 Å². The molecular weight excluding hydrogens is 300 g/mol. The summed E-state index contributed by atoms with van der Waals surface area (Å²) in [4.78, 5) is 1.18. The Bertz CT molecular complexity index is 439. The SMILES string of the molecule is O=S(=O)(NCCc1cc(Br)cs1)N1CC1. The molecule has 1 aliphatic rings. The first-order valence-corrected chi connectivity index (χ1v) is 7.67. The van der Waals surface area contributed by atoms with E-state index in [0.717, 1.165) is 10.9 Å². The fourth-order valence-electron chi connectivity index (χ4n) is 1.16. The zero-order valence-corrected chi connectivity index (χ0v) is 11.2. The molecule has 4 nitrogen and oxygen atoms in total. The quantitative estimate of drug-likeness (QED) is 0.831. The van der Waals surface area contributed by atoms with Crippen LogP contribution in [-0.2, 0) is 16.6 Å². The Kier molecular flexibility index (Phi) is 3.46. The molecule has 0 radical (unpaired) electrons. The summed E-state index contributed by atoms with van der Waals surface area (Å²) in [5, 5.41) is 1.99. The van der Waals surface area contributed by atoms with Gasteiger partial charge >= 0.3 is 0 Å². The van der Waals surface area contributed by atoms with Crippen LogP contribution in [0.4, 0.5) is 0 Å². The molecule has 1 N–H and O–H groups in total. The van der Waals surface area contributed by atoms with Gasteiger partial charge in [-0.1, -0.05) is 0 Å². The molecule has 0 atom stereocenters. The molecule has 0 unspecified atom stereocenters. The molecule has 1 aliphatic heterocycles. The molecule has 2 heterocycles. The van der Waals surface area contributed by atoms with E-state index in [9.17, 15) is 8.42 Å². The average Bonchev–Trinajstić information content (AvgIpc) is 2.92. The zero-order valence-electron chi connectivity index (χ0n) is 7.94. The minimum Gasteiger partial charge on any atom is -0.202 e. The van der Waals surface area contributed by atoms with E-state index in [4.69, 9.17) is 0 Å². The van der Waals surface area contributed by atoms with E-state index in [0.29, 0.717) is 19.6 Å². The van der Waals surface area contributed by atoms with Gasteiger partial charge in [-0.25, -0.2) is 4.72 Å². The van der Waals surface area contributed by atoms with Crippen LogP contribution < -0.4 is 4.72 Å². The number of halogens is 1. The first-order chi connectivity index (χ1) is 7.08. The molecule has 0 amide bonds. The Morgan fingerprint density at radius 1 is 1.53 bits per heavy atom. The van der Waals surface area contributed by atoms with Crippen LogP contribution in [0.15, 0.2) is 15.9 Å². The second-order valence-corrected chi connectivity index (χ2v) is 6.95. The van der Waals surface area contributed by atoms with Gasteiger partial charge < -0.3 is 0 Å². The Morgan fingerprint density at radius 3 is 2.80 bits per heavy atom. The summed E-state index contributed by atoms with van der Waals surface area (Å²) in [7, 11) is -3.17. The van der Waals surface area contributed by atoms with Gasteiger partial charge in [0, 0.05) is 34.4 Å². The van der Waals surface area contributed by atoms with E-state index >= 15 is 0 Å². The van der Waals surface area contributed by atoms with Crippen LogP contribution in [0.2, 0.25) is 0 Å². The number of hydrogen-bond acceptors (Lipinski definition) is 3. The molecule has 0 aliphatic carbocycles. The molecule has 0 spiro atoms. The van der Waals surface area contributed by atoms with Crippen molar-refractivity contribution in [2.45, 2.75) is 6.42 Å². The number of hydrogen-bond donors (Lipinski definition) is 1. The van der Waals surface area contributed by atoms with Gasteiger partial charge in [-0.05, 0) is 28.4 Å². The van der Waals surface area contributed by atoms with Gasteiger partial charge in [-0.15, -0.1) is 11.3 Å². The van der Waals surface area contributed by atoms with Crippen molar-refractivity contribution in [2.24, 2.45) is 0 Å². The number of nitrogens with one attached hydrogen (secondary N) is 1. The normalized spacial score (nSPS) is 16.9. The summed E-state index contributed by atoms with van der Waals surface area (Å²) in [6, 6.07) is 2.01. The zero-order chi connectivity index (χ0) is 10.9. The van der Waals surface area contributed by atoms with E-state index in [1.165, 1.54) is 9.18 Å². The van der Waals surface area contributed by atoms with Crippen molar-refractivity contribution >= 4 is 37.5 Å². The van der Waals surface area contributed by atoms with Crippen LogP contribution in [0.3, 0.4) is 0 Å². The molecule has 84 valence electrons. The summed E-state index contributed by atoms with van der Waals surface area (Å²) in [6.07, 6.45) is 0.739. The maximum absolute atomic E-state index is 11.4. The van der Waals surface area contributed by atoms with E-state index in [1.54, 1.807) is 11.3 Å². The van der Waals surface area contributed by atoms with Crippen molar-refractivity contribution in [1.29, 1.82) is 0 Å². The van der Waals surface area contributed by atoms with E-state index in [1.807, 2.05) is 11.4 Å². The van der Waals surface area contributed by atoms with Gasteiger partial charge in [-0.2, -0.15) is 12.7 Å². The van der Waals surface area contributed by atoms with Gasteiger partial charge in [0.25, 0.3) is 10.2 Å². The molecule has 2 rings (SSSR count). The smallest absolute Gasteiger partial charge is 0.202 e. The number of nitrogens with zero attached hydrogens (tertiary/aromatic N) is 1. The number of rotatable bonds is 5. The molecule has 1 saturated heterocycles. The summed E-state index contributed by atoms with van der Waals surface area (Å²) in [5.41, 5.74) is 0. The molecular formula is C8H11BrN2O2S2. The molecule has 0 aromatic carbocycles. The second kappa shape index (κ2) is 4.50. The van der Waals surface area contributed by atoms with Gasteiger partial charge in [0.05, 0.1) is 0 Å². The summed E-state index contributed by atoms with van der Waals surface area (Å²) < 4.78 is 27.8. The highest BCUT2D eigenvalue weighted by Gasteiger charge is 2.30. The lowest BCUT2D eigenvalue weighted by molar-refractivity contribution is 0.547. The summed E-state index contributed by atoms with van der Waals surface area (Å²) >= 11 is 4.99. The predicted octanol–water partition coefficient (Wildman–Crippen LogP) is 1.20. The predicted molar refractivity (Wildman–Crippen MR) is 64.2 cm³/mol. The third-order valence-corrected chi connectivity index (χ3v) is 5.40. The van der Waals surface area contributed by atoms with Crippen molar-refractivity contribution in [1.82, 2.24) is 9.03 Å². The highest BCUT2D eigenvalue weighted by molar-refractivity contribution is 9.10. The van der Waals surface area contributed by atoms with E-state index < -0.39 is 10.2 Å². The van der Waals surface area contributed by atoms with Crippen molar-refractivity contribution in [2.75, 3.05) is 19.6 Å². The molecule has 0 saturated carbocycles.